The molecule has 1 aromatic carbocycles. The maximum absolute atomic E-state index is 13.3. The number of fused-ring (bicyclic) bond motifs is 1. The first-order chi connectivity index (χ1) is 15.2. The number of nitrogens with zero attached hydrogens (tertiary/aromatic N) is 4. The van der Waals surface area contributed by atoms with Crippen molar-refractivity contribution < 1.29 is 13.2 Å². The van der Waals surface area contributed by atoms with Crippen LogP contribution in [0.15, 0.2) is 52.5 Å². The van der Waals surface area contributed by atoms with Crippen LogP contribution in [0.3, 0.4) is 0 Å². The Bertz CT molecular complexity index is 1340. The molecule has 2 aromatic heterocycles. The second-order valence-electron chi connectivity index (χ2n) is 8.01. The summed E-state index contributed by atoms with van der Waals surface area (Å²) in [4.78, 5) is 36.9. The van der Waals surface area contributed by atoms with E-state index in [0.29, 0.717) is 28.3 Å². The van der Waals surface area contributed by atoms with E-state index in [2.05, 4.69) is 9.97 Å². The lowest BCUT2D eigenvalue weighted by atomic mass is 10.2. The molecule has 1 aliphatic rings. The number of thioether (sulfide) groups is 1. The van der Waals surface area contributed by atoms with E-state index in [-0.39, 0.29) is 29.0 Å². The Morgan fingerprint density at radius 3 is 2.66 bits per heavy atom. The van der Waals surface area contributed by atoms with Gasteiger partial charge in [-0.05, 0) is 44.0 Å². The Kier molecular flexibility index (Phi) is 6.09. The monoisotopic (exact) mass is 472 g/mol. The normalized spacial score (nSPS) is 18.5. The number of rotatable bonds is 5. The minimum absolute atomic E-state index is 0.0150. The van der Waals surface area contributed by atoms with Gasteiger partial charge >= 0.3 is 0 Å². The molecule has 8 nitrogen and oxygen atoms in total. The second-order valence-corrected chi connectivity index (χ2v) is 11.5. The van der Waals surface area contributed by atoms with Crippen molar-refractivity contribution in [2.24, 2.45) is 0 Å². The van der Waals surface area contributed by atoms with Crippen LogP contribution < -0.4 is 5.56 Å². The van der Waals surface area contributed by atoms with E-state index in [4.69, 9.17) is 0 Å². The van der Waals surface area contributed by atoms with E-state index in [1.165, 1.54) is 9.47 Å². The summed E-state index contributed by atoms with van der Waals surface area (Å²) >= 11 is 1.16. The smallest absolute Gasteiger partial charge is 0.267 e. The van der Waals surface area contributed by atoms with Crippen molar-refractivity contribution in [1.29, 1.82) is 0 Å². The number of benzene rings is 1. The van der Waals surface area contributed by atoms with Gasteiger partial charge in [0.1, 0.15) is 5.82 Å². The maximum Gasteiger partial charge on any atom is 0.267 e. The molecule has 4 rings (SSSR count). The Morgan fingerprint density at radius 2 is 2.00 bits per heavy atom. The highest BCUT2D eigenvalue weighted by Gasteiger charge is 2.34. The molecule has 2 atom stereocenters. The number of aryl methyl sites for hydroxylation is 1. The van der Waals surface area contributed by atoms with E-state index in [1.54, 1.807) is 50.5 Å². The van der Waals surface area contributed by atoms with Gasteiger partial charge in [0.2, 0.25) is 5.91 Å². The van der Waals surface area contributed by atoms with E-state index in [1.807, 2.05) is 13.0 Å². The lowest BCUT2D eigenvalue weighted by Crippen LogP contribution is -2.42. The number of hydrogen-bond acceptors (Lipinski definition) is 7. The van der Waals surface area contributed by atoms with Crippen molar-refractivity contribution in [2.75, 3.05) is 18.6 Å². The van der Waals surface area contributed by atoms with Gasteiger partial charge in [0, 0.05) is 19.3 Å². The molecule has 0 unspecified atom stereocenters. The third kappa shape index (κ3) is 4.42. The number of hydrogen-bond donors (Lipinski definition) is 0. The van der Waals surface area contributed by atoms with E-state index in [9.17, 15) is 18.0 Å². The van der Waals surface area contributed by atoms with Crippen LogP contribution in [0.2, 0.25) is 0 Å². The number of sulfone groups is 1. The standard InChI is InChI=1S/C22H24N4O4S2/c1-14-8-9-19(23-12-14)26-21(28)17-6-4-5-7-18(17)24-22(26)31-15(2)20(27)25(3)16-10-11-32(29,30)13-16/h4-9,12,15-16H,10-11,13H2,1-3H3/t15-,16-/m1/s1. The largest absolute Gasteiger partial charge is 0.341 e. The van der Waals surface area contributed by atoms with Gasteiger partial charge in [0.25, 0.3) is 5.56 Å². The molecular formula is C22H24N4O4S2. The van der Waals surface area contributed by atoms with Crippen LogP contribution >= 0.6 is 11.8 Å². The van der Waals surface area contributed by atoms with Crippen LogP contribution in [-0.2, 0) is 14.6 Å². The van der Waals surface area contributed by atoms with Gasteiger partial charge in [0.05, 0.1) is 27.7 Å². The van der Waals surface area contributed by atoms with E-state index in [0.717, 1.165) is 17.3 Å². The first kappa shape index (κ1) is 22.5. The molecule has 0 aliphatic carbocycles. The van der Waals surface area contributed by atoms with Crippen LogP contribution in [0.5, 0.6) is 0 Å². The molecular weight excluding hydrogens is 448 g/mol. The van der Waals surface area contributed by atoms with Crippen molar-refractivity contribution in [3.8, 4) is 5.82 Å². The molecule has 1 amide bonds. The summed E-state index contributed by atoms with van der Waals surface area (Å²) in [7, 11) is -1.47. The first-order valence-electron chi connectivity index (χ1n) is 10.2. The Labute approximate surface area is 190 Å². The van der Waals surface area contributed by atoms with Gasteiger partial charge < -0.3 is 4.90 Å². The summed E-state index contributed by atoms with van der Waals surface area (Å²) in [6.45, 7) is 3.65. The quantitative estimate of drug-likeness (QED) is 0.414. The van der Waals surface area contributed by atoms with Gasteiger partial charge in [-0.3, -0.25) is 9.59 Å². The van der Waals surface area contributed by atoms with Crippen molar-refractivity contribution in [1.82, 2.24) is 19.4 Å². The van der Waals surface area contributed by atoms with Gasteiger partial charge in [-0.1, -0.05) is 30.0 Å². The fourth-order valence-electron chi connectivity index (χ4n) is 3.74. The number of aromatic nitrogens is 3. The van der Waals surface area contributed by atoms with Gasteiger partial charge in [-0.15, -0.1) is 0 Å². The van der Waals surface area contributed by atoms with Crippen LogP contribution in [0.4, 0.5) is 0 Å². The molecule has 1 aliphatic heterocycles. The molecule has 3 heterocycles. The number of carbonyl (C=O) groups excluding carboxylic acids is 1. The van der Waals surface area contributed by atoms with Gasteiger partial charge in [-0.25, -0.2) is 23.0 Å². The molecule has 168 valence electrons. The molecule has 1 fully saturated rings. The van der Waals surface area contributed by atoms with E-state index >= 15 is 0 Å². The minimum atomic E-state index is -3.10. The first-order valence-corrected chi connectivity index (χ1v) is 12.9. The molecule has 0 saturated carbocycles. The summed E-state index contributed by atoms with van der Waals surface area (Å²) in [6, 6.07) is 10.3. The molecule has 10 heteroatoms. The van der Waals surface area contributed by atoms with Crippen LogP contribution in [0.25, 0.3) is 16.7 Å². The number of carbonyl (C=O) groups is 1. The summed E-state index contributed by atoms with van der Waals surface area (Å²) in [6.07, 6.45) is 2.11. The lowest BCUT2D eigenvalue weighted by Gasteiger charge is -2.26. The maximum atomic E-state index is 13.3. The van der Waals surface area contributed by atoms with Gasteiger partial charge in [-0.2, -0.15) is 0 Å². The third-order valence-corrected chi connectivity index (χ3v) is 8.39. The molecule has 32 heavy (non-hydrogen) atoms. The highest BCUT2D eigenvalue weighted by molar-refractivity contribution is 8.00. The summed E-state index contributed by atoms with van der Waals surface area (Å²) in [5.41, 5.74) is 1.24. The second kappa shape index (κ2) is 8.67. The SMILES string of the molecule is Cc1ccc(-n2c(S[C@H](C)C(=O)N(C)[C@@H]3CCS(=O)(=O)C3)nc3ccccc3c2=O)nc1. The predicted molar refractivity (Wildman–Crippen MR) is 125 cm³/mol. The molecule has 0 bridgehead atoms. The number of amides is 1. The molecule has 1 saturated heterocycles. The fraction of sp³-hybridized carbons (Fsp3) is 0.364. The summed E-state index contributed by atoms with van der Waals surface area (Å²) < 4.78 is 25.1. The highest BCUT2D eigenvalue weighted by atomic mass is 32.2. The summed E-state index contributed by atoms with van der Waals surface area (Å²) in [5.74, 6) is 0.305. The predicted octanol–water partition coefficient (Wildman–Crippen LogP) is 2.22. The third-order valence-electron chi connectivity index (χ3n) is 5.60. The summed E-state index contributed by atoms with van der Waals surface area (Å²) in [5, 5.41) is 0.248. The Hall–Kier alpha value is -2.72. The molecule has 0 radical (unpaired) electrons. The van der Waals surface area contributed by atoms with Crippen molar-refractivity contribution >= 4 is 38.4 Å². The fourth-order valence-corrected chi connectivity index (χ4v) is 6.53. The van der Waals surface area contributed by atoms with Crippen molar-refractivity contribution in [2.45, 2.75) is 36.7 Å². The number of pyridine rings is 1. The molecule has 0 N–H and O–H groups in total. The average molecular weight is 473 g/mol. The zero-order valence-corrected chi connectivity index (χ0v) is 19.7. The van der Waals surface area contributed by atoms with Gasteiger partial charge in [0.15, 0.2) is 15.0 Å². The van der Waals surface area contributed by atoms with Crippen LogP contribution in [0, 0.1) is 6.92 Å². The zero-order valence-electron chi connectivity index (χ0n) is 18.1. The highest BCUT2D eigenvalue weighted by Crippen LogP contribution is 2.27. The Morgan fingerprint density at radius 1 is 1.25 bits per heavy atom. The molecule has 0 spiro atoms. The Balaban J connectivity index is 1.70. The lowest BCUT2D eigenvalue weighted by molar-refractivity contribution is -0.130. The number of para-hydroxylation sites is 1. The van der Waals surface area contributed by atoms with Crippen molar-refractivity contribution in [3.63, 3.8) is 0 Å². The van der Waals surface area contributed by atoms with Crippen LogP contribution in [0.1, 0.15) is 18.9 Å². The zero-order chi connectivity index (χ0) is 23.0. The topological polar surface area (TPSA) is 102 Å². The van der Waals surface area contributed by atoms with Crippen LogP contribution in [-0.4, -0.2) is 63.6 Å². The minimum Gasteiger partial charge on any atom is -0.341 e. The van der Waals surface area contributed by atoms with Crippen molar-refractivity contribution in [3.05, 3.63) is 58.5 Å². The van der Waals surface area contributed by atoms with E-state index < -0.39 is 15.1 Å². The molecule has 3 aromatic rings. The average Bonchev–Trinajstić information content (AvgIpc) is 3.13.